The minimum Gasteiger partial charge on any atom is -0.450 e. The molecule has 1 aromatic carbocycles. The second-order valence-electron chi connectivity index (χ2n) is 5.41. The van der Waals surface area contributed by atoms with Crippen LogP contribution >= 0.6 is 0 Å². The molecule has 1 atom stereocenters. The van der Waals surface area contributed by atoms with Gasteiger partial charge in [0.25, 0.3) is 0 Å². The van der Waals surface area contributed by atoms with E-state index in [1.807, 2.05) is 24.3 Å². The van der Waals surface area contributed by atoms with Crippen LogP contribution in [0.25, 0.3) is 0 Å². The number of likely N-dealkylation sites (tertiary alicyclic amines) is 1. The Labute approximate surface area is 129 Å². The Balaban J connectivity index is 1.68. The first-order chi connectivity index (χ1) is 10.7. The van der Waals surface area contributed by atoms with Crippen LogP contribution < -0.4 is 5.32 Å². The van der Waals surface area contributed by atoms with E-state index in [9.17, 15) is 9.59 Å². The summed E-state index contributed by atoms with van der Waals surface area (Å²) in [6.45, 7) is 3.62. The number of hydrogen-bond acceptors (Lipinski definition) is 5. The average Bonchev–Trinajstić information content (AvgIpc) is 2.99. The zero-order valence-corrected chi connectivity index (χ0v) is 12.5. The van der Waals surface area contributed by atoms with Crippen LogP contribution in [0.2, 0.25) is 0 Å². The molecule has 0 bridgehead atoms. The van der Waals surface area contributed by atoms with Crippen LogP contribution in [0, 0.1) is 0 Å². The van der Waals surface area contributed by atoms with Crippen LogP contribution in [-0.4, -0.2) is 54.9 Å². The van der Waals surface area contributed by atoms with E-state index in [1.165, 1.54) is 0 Å². The van der Waals surface area contributed by atoms with Crippen molar-refractivity contribution in [2.24, 2.45) is 4.99 Å². The number of nitrogens with zero attached hydrogens (tertiary/aromatic N) is 2. The maximum atomic E-state index is 11.9. The highest BCUT2D eigenvalue weighted by atomic mass is 16.6. The maximum absolute atomic E-state index is 11.9. The summed E-state index contributed by atoms with van der Waals surface area (Å²) in [6, 6.07) is 7.61. The lowest BCUT2D eigenvalue weighted by molar-refractivity contribution is 0.0999. The third kappa shape index (κ3) is 2.81. The Morgan fingerprint density at radius 2 is 2.18 bits per heavy atom. The lowest BCUT2D eigenvalue weighted by Gasteiger charge is -2.21. The number of Topliss-reactive ketones (excluding diaryl/α,β-unsaturated/α-hetero) is 1. The van der Waals surface area contributed by atoms with E-state index in [0.29, 0.717) is 25.3 Å². The normalized spacial score (nSPS) is 20.4. The standard InChI is InChI=1S/C16H19N3O3/c1-2-22-16(21)19-8-7-11(10-19)18-15-13-6-4-3-5-12(13)14(20)9-17-15/h3-6,11H,2,7-10H2,1H3,(H,17,18). The summed E-state index contributed by atoms with van der Waals surface area (Å²) in [5.41, 5.74) is 1.55. The van der Waals surface area contributed by atoms with Crippen LogP contribution in [-0.2, 0) is 4.74 Å². The number of carbonyl (C=O) groups is 2. The first kappa shape index (κ1) is 14.6. The second kappa shape index (κ2) is 6.17. The lowest BCUT2D eigenvalue weighted by Crippen LogP contribution is -2.41. The highest BCUT2D eigenvalue weighted by Gasteiger charge is 2.29. The van der Waals surface area contributed by atoms with Crippen molar-refractivity contribution < 1.29 is 14.3 Å². The Morgan fingerprint density at radius 1 is 1.41 bits per heavy atom. The largest absolute Gasteiger partial charge is 0.450 e. The zero-order valence-electron chi connectivity index (χ0n) is 12.5. The van der Waals surface area contributed by atoms with Crippen molar-refractivity contribution in [1.82, 2.24) is 10.2 Å². The van der Waals surface area contributed by atoms with Gasteiger partial charge < -0.3 is 15.0 Å². The Kier molecular flexibility index (Phi) is 4.09. The molecule has 1 aromatic rings. The predicted octanol–water partition coefficient (Wildman–Crippen LogP) is 1.45. The molecular weight excluding hydrogens is 282 g/mol. The summed E-state index contributed by atoms with van der Waals surface area (Å²) in [6.07, 6.45) is 0.571. The fourth-order valence-corrected chi connectivity index (χ4v) is 2.83. The van der Waals surface area contributed by atoms with E-state index in [-0.39, 0.29) is 24.5 Å². The number of rotatable bonds is 2. The van der Waals surface area contributed by atoms with Gasteiger partial charge in [-0.15, -0.1) is 0 Å². The molecule has 116 valence electrons. The van der Waals surface area contributed by atoms with Crippen molar-refractivity contribution in [2.45, 2.75) is 19.4 Å². The third-order valence-corrected chi connectivity index (χ3v) is 3.92. The minimum atomic E-state index is -0.270. The topological polar surface area (TPSA) is 71.0 Å². The summed E-state index contributed by atoms with van der Waals surface area (Å²) in [7, 11) is 0. The number of ether oxygens (including phenoxy) is 1. The molecule has 0 spiro atoms. The van der Waals surface area contributed by atoms with Crippen LogP contribution in [0.5, 0.6) is 0 Å². The Morgan fingerprint density at radius 3 is 2.95 bits per heavy atom. The number of nitrogens with one attached hydrogen (secondary N) is 1. The van der Waals surface area contributed by atoms with Crippen LogP contribution in [0.3, 0.4) is 0 Å². The molecule has 1 saturated heterocycles. The van der Waals surface area contributed by atoms with Gasteiger partial charge >= 0.3 is 6.09 Å². The molecule has 0 aromatic heterocycles. The van der Waals surface area contributed by atoms with Gasteiger partial charge in [-0.25, -0.2) is 4.79 Å². The molecule has 2 heterocycles. The smallest absolute Gasteiger partial charge is 0.409 e. The summed E-state index contributed by atoms with van der Waals surface area (Å²) < 4.78 is 5.02. The van der Waals surface area contributed by atoms with E-state index in [2.05, 4.69) is 10.3 Å². The molecular formula is C16H19N3O3. The number of ketones is 1. The highest BCUT2D eigenvalue weighted by Crippen LogP contribution is 2.17. The van der Waals surface area contributed by atoms with Gasteiger partial charge in [0.2, 0.25) is 0 Å². The molecule has 6 nitrogen and oxygen atoms in total. The van der Waals surface area contributed by atoms with Crippen LogP contribution in [0.4, 0.5) is 4.79 Å². The Hall–Kier alpha value is -2.37. The SMILES string of the molecule is CCOC(=O)N1CCC(NC2=NCC(=O)c3ccccc32)C1. The fraction of sp³-hybridized carbons (Fsp3) is 0.438. The van der Waals surface area contributed by atoms with E-state index < -0.39 is 0 Å². The first-order valence-corrected chi connectivity index (χ1v) is 7.54. The predicted molar refractivity (Wildman–Crippen MR) is 82.3 cm³/mol. The van der Waals surface area contributed by atoms with Gasteiger partial charge in [-0.05, 0) is 13.3 Å². The van der Waals surface area contributed by atoms with Crippen molar-refractivity contribution in [3.8, 4) is 0 Å². The number of benzene rings is 1. The van der Waals surface area contributed by atoms with Crippen molar-refractivity contribution in [3.63, 3.8) is 0 Å². The summed E-state index contributed by atoms with van der Waals surface area (Å²) >= 11 is 0. The van der Waals surface area contributed by atoms with Crippen LogP contribution in [0.15, 0.2) is 29.3 Å². The van der Waals surface area contributed by atoms with Gasteiger partial charge in [-0.3, -0.25) is 9.79 Å². The molecule has 0 aliphatic carbocycles. The number of carbonyl (C=O) groups excluding carboxylic acids is 2. The quantitative estimate of drug-likeness (QED) is 0.897. The maximum Gasteiger partial charge on any atom is 0.409 e. The Bertz CT molecular complexity index is 627. The number of amides is 1. The van der Waals surface area contributed by atoms with E-state index in [0.717, 1.165) is 17.8 Å². The molecule has 2 aliphatic rings. The summed E-state index contributed by atoms with van der Waals surface area (Å²) in [5.74, 6) is 0.784. The second-order valence-corrected chi connectivity index (χ2v) is 5.41. The highest BCUT2D eigenvalue weighted by molar-refractivity contribution is 6.14. The fourth-order valence-electron chi connectivity index (χ4n) is 2.83. The van der Waals surface area contributed by atoms with Crippen molar-refractivity contribution in [3.05, 3.63) is 35.4 Å². The third-order valence-electron chi connectivity index (χ3n) is 3.92. The molecule has 1 unspecified atom stereocenters. The molecule has 0 saturated carbocycles. The number of aliphatic imine (C=N–C) groups is 1. The number of hydrogen-bond donors (Lipinski definition) is 1. The van der Waals surface area contributed by atoms with E-state index in [1.54, 1.807) is 11.8 Å². The van der Waals surface area contributed by atoms with Gasteiger partial charge in [0, 0.05) is 30.3 Å². The van der Waals surface area contributed by atoms with Gasteiger partial charge in [0.1, 0.15) is 12.4 Å². The molecule has 1 amide bonds. The molecule has 22 heavy (non-hydrogen) atoms. The minimum absolute atomic E-state index is 0.0423. The average molecular weight is 301 g/mol. The molecule has 0 radical (unpaired) electrons. The molecule has 2 aliphatic heterocycles. The zero-order chi connectivity index (χ0) is 15.5. The van der Waals surface area contributed by atoms with Gasteiger partial charge in [-0.2, -0.15) is 0 Å². The van der Waals surface area contributed by atoms with Crippen molar-refractivity contribution in [2.75, 3.05) is 26.2 Å². The first-order valence-electron chi connectivity index (χ1n) is 7.54. The van der Waals surface area contributed by atoms with Crippen molar-refractivity contribution >= 4 is 17.7 Å². The van der Waals surface area contributed by atoms with E-state index >= 15 is 0 Å². The number of amidine groups is 1. The number of fused-ring (bicyclic) bond motifs is 1. The molecule has 6 heteroatoms. The lowest BCUT2D eigenvalue weighted by atomic mass is 9.99. The monoisotopic (exact) mass is 301 g/mol. The molecule has 1 N–H and O–H groups in total. The molecule has 3 rings (SSSR count). The van der Waals surface area contributed by atoms with Gasteiger partial charge in [0.15, 0.2) is 5.78 Å². The van der Waals surface area contributed by atoms with E-state index in [4.69, 9.17) is 4.74 Å². The summed E-state index contributed by atoms with van der Waals surface area (Å²) in [4.78, 5) is 29.6. The molecule has 1 fully saturated rings. The van der Waals surface area contributed by atoms with Gasteiger partial charge in [-0.1, -0.05) is 24.3 Å². The van der Waals surface area contributed by atoms with Crippen molar-refractivity contribution in [1.29, 1.82) is 0 Å². The summed E-state index contributed by atoms with van der Waals surface area (Å²) in [5, 5.41) is 3.37. The van der Waals surface area contributed by atoms with Crippen LogP contribution in [0.1, 0.15) is 29.3 Å². The van der Waals surface area contributed by atoms with Gasteiger partial charge in [0.05, 0.1) is 6.61 Å².